The van der Waals surface area contributed by atoms with E-state index in [4.69, 9.17) is 5.73 Å². The lowest BCUT2D eigenvalue weighted by molar-refractivity contribution is -0.121. The first-order chi connectivity index (χ1) is 8.83. The molecule has 0 aliphatic heterocycles. The Morgan fingerprint density at radius 3 is 2.37 bits per heavy atom. The van der Waals surface area contributed by atoms with Crippen molar-refractivity contribution < 1.29 is 13.2 Å². The molecule has 19 heavy (non-hydrogen) atoms. The first-order valence-corrected chi connectivity index (χ1v) is 7.41. The predicted octanol–water partition coefficient (Wildman–Crippen LogP) is -0.263. The van der Waals surface area contributed by atoms with E-state index in [-0.39, 0.29) is 23.9 Å². The Morgan fingerprint density at radius 2 is 1.84 bits per heavy atom. The molecule has 106 valence electrons. The lowest BCUT2D eigenvalue weighted by Crippen LogP contribution is -2.41. The standard InChI is InChI=1S/C12H19N3O3S/c1-9-3-5-11(6-4-9)19(17,18)15-8-7-14-12(16)10(2)13/h3-6,10,15H,7-8,13H2,1-2H3,(H,14,16)/t10-/m1/s1. The fourth-order valence-corrected chi connectivity index (χ4v) is 2.36. The smallest absolute Gasteiger partial charge is 0.240 e. The van der Waals surface area contributed by atoms with Crippen LogP contribution in [0, 0.1) is 6.92 Å². The number of carbonyl (C=O) groups excluding carboxylic acids is 1. The molecule has 7 heteroatoms. The Morgan fingerprint density at radius 1 is 1.26 bits per heavy atom. The second-order valence-corrected chi connectivity index (χ2v) is 6.06. The fourth-order valence-electron chi connectivity index (χ4n) is 1.33. The van der Waals surface area contributed by atoms with E-state index in [0.717, 1.165) is 5.56 Å². The molecule has 1 aromatic rings. The van der Waals surface area contributed by atoms with E-state index in [1.165, 1.54) is 12.1 Å². The number of benzene rings is 1. The zero-order valence-corrected chi connectivity index (χ0v) is 11.8. The summed E-state index contributed by atoms with van der Waals surface area (Å²) in [5.74, 6) is -0.311. The SMILES string of the molecule is Cc1ccc(S(=O)(=O)NCCNC(=O)[C@@H](C)N)cc1. The molecule has 1 aromatic carbocycles. The number of hydrogen-bond donors (Lipinski definition) is 3. The molecule has 0 aliphatic carbocycles. The van der Waals surface area contributed by atoms with Crippen LogP contribution < -0.4 is 15.8 Å². The Balaban J connectivity index is 2.48. The zero-order valence-electron chi connectivity index (χ0n) is 11.0. The van der Waals surface area contributed by atoms with E-state index in [1.807, 2.05) is 6.92 Å². The molecule has 0 fully saturated rings. The maximum Gasteiger partial charge on any atom is 0.240 e. The molecule has 0 aromatic heterocycles. The summed E-state index contributed by atoms with van der Waals surface area (Å²) in [5.41, 5.74) is 6.35. The highest BCUT2D eigenvalue weighted by atomic mass is 32.2. The molecule has 6 nitrogen and oxygen atoms in total. The van der Waals surface area contributed by atoms with Crippen molar-refractivity contribution in [1.29, 1.82) is 0 Å². The number of hydrogen-bond acceptors (Lipinski definition) is 4. The molecule has 1 amide bonds. The van der Waals surface area contributed by atoms with E-state index in [0.29, 0.717) is 0 Å². The van der Waals surface area contributed by atoms with Crippen LogP contribution in [-0.4, -0.2) is 33.5 Å². The number of rotatable bonds is 6. The molecule has 0 radical (unpaired) electrons. The molecular formula is C12H19N3O3S. The van der Waals surface area contributed by atoms with Gasteiger partial charge in [0.2, 0.25) is 15.9 Å². The summed E-state index contributed by atoms with van der Waals surface area (Å²) in [7, 11) is -3.53. The summed E-state index contributed by atoms with van der Waals surface area (Å²) in [6, 6.07) is 5.93. The van der Waals surface area contributed by atoms with E-state index in [1.54, 1.807) is 19.1 Å². The molecule has 0 heterocycles. The molecular weight excluding hydrogens is 266 g/mol. The average molecular weight is 285 g/mol. The Bertz CT molecular complexity index is 524. The number of sulfonamides is 1. The average Bonchev–Trinajstić information content (AvgIpc) is 2.34. The van der Waals surface area contributed by atoms with E-state index < -0.39 is 16.1 Å². The molecule has 0 bridgehead atoms. The van der Waals surface area contributed by atoms with Gasteiger partial charge in [-0.1, -0.05) is 17.7 Å². The van der Waals surface area contributed by atoms with E-state index in [9.17, 15) is 13.2 Å². The quantitative estimate of drug-likeness (QED) is 0.627. The topological polar surface area (TPSA) is 101 Å². The van der Waals surface area contributed by atoms with Crippen molar-refractivity contribution in [2.45, 2.75) is 24.8 Å². The van der Waals surface area contributed by atoms with Crippen LogP contribution in [0.1, 0.15) is 12.5 Å². The monoisotopic (exact) mass is 285 g/mol. The summed E-state index contributed by atoms with van der Waals surface area (Å²) >= 11 is 0. The Kier molecular flexibility index (Phi) is 5.46. The fraction of sp³-hybridized carbons (Fsp3) is 0.417. The van der Waals surface area contributed by atoms with Crippen LogP contribution in [0.25, 0.3) is 0 Å². The largest absolute Gasteiger partial charge is 0.353 e. The number of carbonyl (C=O) groups is 1. The second kappa shape index (κ2) is 6.65. The van der Waals surface area contributed by atoms with Gasteiger partial charge in [0, 0.05) is 13.1 Å². The van der Waals surface area contributed by atoms with Crippen molar-refractivity contribution in [2.75, 3.05) is 13.1 Å². The van der Waals surface area contributed by atoms with Crippen molar-refractivity contribution in [3.8, 4) is 0 Å². The first kappa shape index (κ1) is 15.6. The van der Waals surface area contributed by atoms with Crippen molar-refractivity contribution >= 4 is 15.9 Å². The predicted molar refractivity (Wildman–Crippen MR) is 73.0 cm³/mol. The highest BCUT2D eigenvalue weighted by Gasteiger charge is 2.13. The third-order valence-electron chi connectivity index (χ3n) is 2.46. The summed E-state index contributed by atoms with van der Waals surface area (Å²) in [4.78, 5) is 11.4. The third kappa shape index (κ3) is 4.98. The number of amides is 1. The van der Waals surface area contributed by atoms with Crippen LogP contribution in [0.3, 0.4) is 0 Å². The van der Waals surface area contributed by atoms with Crippen molar-refractivity contribution in [1.82, 2.24) is 10.0 Å². The molecule has 0 spiro atoms. The van der Waals surface area contributed by atoms with Crippen LogP contribution in [-0.2, 0) is 14.8 Å². The summed E-state index contributed by atoms with van der Waals surface area (Å²) in [6.07, 6.45) is 0. The maximum absolute atomic E-state index is 11.9. The minimum absolute atomic E-state index is 0.120. The molecule has 0 aliphatic rings. The van der Waals surface area contributed by atoms with Gasteiger partial charge in [0.25, 0.3) is 0 Å². The second-order valence-electron chi connectivity index (χ2n) is 4.29. The summed E-state index contributed by atoms with van der Waals surface area (Å²) in [6.45, 7) is 3.76. The normalized spacial score (nSPS) is 13.0. The van der Waals surface area contributed by atoms with Crippen molar-refractivity contribution in [3.05, 3.63) is 29.8 Å². The van der Waals surface area contributed by atoms with Gasteiger partial charge in [0.1, 0.15) is 0 Å². The van der Waals surface area contributed by atoms with Gasteiger partial charge in [0.15, 0.2) is 0 Å². The molecule has 0 unspecified atom stereocenters. The first-order valence-electron chi connectivity index (χ1n) is 5.92. The molecule has 1 rings (SSSR count). The highest BCUT2D eigenvalue weighted by molar-refractivity contribution is 7.89. The number of nitrogens with one attached hydrogen (secondary N) is 2. The van der Waals surface area contributed by atoms with Gasteiger partial charge in [-0.15, -0.1) is 0 Å². The van der Waals surface area contributed by atoms with Gasteiger partial charge in [0.05, 0.1) is 10.9 Å². The van der Waals surface area contributed by atoms with Gasteiger partial charge in [-0.25, -0.2) is 13.1 Å². The summed E-state index contributed by atoms with van der Waals surface area (Å²) < 4.78 is 26.2. The van der Waals surface area contributed by atoms with Crippen LogP contribution >= 0.6 is 0 Å². The van der Waals surface area contributed by atoms with Crippen molar-refractivity contribution in [2.24, 2.45) is 5.73 Å². The van der Waals surface area contributed by atoms with Gasteiger partial charge in [-0.2, -0.15) is 0 Å². The maximum atomic E-state index is 11.9. The van der Waals surface area contributed by atoms with Gasteiger partial charge in [-0.05, 0) is 26.0 Å². The lowest BCUT2D eigenvalue weighted by atomic mass is 10.2. The van der Waals surface area contributed by atoms with E-state index >= 15 is 0 Å². The molecule has 0 saturated heterocycles. The lowest BCUT2D eigenvalue weighted by Gasteiger charge is -2.09. The van der Waals surface area contributed by atoms with Gasteiger partial charge >= 0.3 is 0 Å². The Hall–Kier alpha value is -1.44. The van der Waals surface area contributed by atoms with Crippen molar-refractivity contribution in [3.63, 3.8) is 0 Å². The highest BCUT2D eigenvalue weighted by Crippen LogP contribution is 2.09. The minimum atomic E-state index is -3.53. The summed E-state index contributed by atoms with van der Waals surface area (Å²) in [5, 5.41) is 2.52. The van der Waals surface area contributed by atoms with E-state index in [2.05, 4.69) is 10.0 Å². The van der Waals surface area contributed by atoms with Crippen LogP contribution in [0.4, 0.5) is 0 Å². The molecule has 4 N–H and O–H groups in total. The van der Waals surface area contributed by atoms with Crippen LogP contribution in [0.2, 0.25) is 0 Å². The third-order valence-corrected chi connectivity index (χ3v) is 3.94. The Labute approximate surface area is 113 Å². The van der Waals surface area contributed by atoms with Crippen LogP contribution in [0.5, 0.6) is 0 Å². The number of aryl methyl sites for hydroxylation is 1. The van der Waals surface area contributed by atoms with Gasteiger partial charge < -0.3 is 11.1 Å². The van der Waals surface area contributed by atoms with Gasteiger partial charge in [-0.3, -0.25) is 4.79 Å². The zero-order chi connectivity index (χ0) is 14.5. The minimum Gasteiger partial charge on any atom is -0.353 e. The van der Waals surface area contributed by atoms with Crippen LogP contribution in [0.15, 0.2) is 29.2 Å². The molecule has 0 saturated carbocycles. The molecule has 1 atom stereocenters. The number of nitrogens with two attached hydrogens (primary N) is 1.